The molecule has 0 aromatic carbocycles. The van der Waals surface area contributed by atoms with Gasteiger partial charge in [-0.3, -0.25) is 4.79 Å². The second-order valence-corrected chi connectivity index (χ2v) is 6.15. The minimum atomic E-state index is -2.09. The number of ketones is 1. The van der Waals surface area contributed by atoms with Crippen molar-refractivity contribution in [2.24, 2.45) is 5.92 Å². The summed E-state index contributed by atoms with van der Waals surface area (Å²) >= 11 is 16.8. The lowest BCUT2D eigenvalue weighted by molar-refractivity contribution is -0.136. The fourth-order valence-electron chi connectivity index (χ4n) is 1.72. The van der Waals surface area contributed by atoms with Crippen LogP contribution in [0.5, 0.6) is 0 Å². The van der Waals surface area contributed by atoms with E-state index < -0.39 is 21.5 Å². The molecule has 0 aromatic rings. The number of rotatable bonds is 3. The number of halogens is 3. The second-order valence-electron chi connectivity index (χ2n) is 3.87. The summed E-state index contributed by atoms with van der Waals surface area (Å²) in [6, 6.07) is 0. The minimum Gasteiger partial charge on any atom is -0.466 e. The maximum atomic E-state index is 12.1. The van der Waals surface area contributed by atoms with E-state index in [0.717, 1.165) is 0 Å². The first-order valence-corrected chi connectivity index (χ1v) is 6.33. The third kappa shape index (κ3) is 3.53. The molecule has 0 radical (unpaired) electrons. The fourth-order valence-corrected chi connectivity index (χ4v) is 2.05. The Morgan fingerprint density at radius 1 is 1.37 bits per heavy atom. The van der Waals surface area contributed by atoms with Gasteiger partial charge in [-0.2, -0.15) is 0 Å². The Morgan fingerprint density at radius 2 is 1.89 bits per heavy atom. The van der Waals surface area contributed by atoms with Crippen molar-refractivity contribution in [2.75, 3.05) is 14.2 Å². The number of methoxy groups -OCH3 is 1. The highest BCUT2D eigenvalue weighted by Crippen LogP contribution is 2.36. The molecule has 1 unspecified atom stereocenters. The van der Waals surface area contributed by atoms with Crippen LogP contribution in [0.3, 0.4) is 0 Å². The van der Waals surface area contributed by atoms with Gasteiger partial charge in [-0.15, -0.1) is 6.58 Å². The number of hydrogen-bond acceptors (Lipinski definition) is 4. The zero-order valence-corrected chi connectivity index (χ0v) is 12.6. The van der Waals surface area contributed by atoms with E-state index >= 15 is 0 Å². The van der Waals surface area contributed by atoms with Crippen molar-refractivity contribution in [1.82, 2.24) is 4.90 Å². The Hall–Kier alpha value is -0.970. The highest BCUT2D eigenvalue weighted by atomic mass is 35.6. The topological polar surface area (TPSA) is 46.6 Å². The number of alkyl halides is 3. The Kier molecular flexibility index (Phi) is 5.07. The van der Waals surface area contributed by atoms with E-state index in [4.69, 9.17) is 34.8 Å². The van der Waals surface area contributed by atoms with Gasteiger partial charge in [0.05, 0.1) is 12.7 Å². The first-order chi connectivity index (χ1) is 8.72. The Bertz CT molecular complexity index is 477. The monoisotopic (exact) mass is 323 g/mol. The molecule has 0 N–H and O–H groups in total. The van der Waals surface area contributed by atoms with Crippen LogP contribution >= 0.6 is 34.8 Å². The number of carbonyl (C=O) groups excluding carboxylic acids is 2. The van der Waals surface area contributed by atoms with Crippen LogP contribution in [0.25, 0.3) is 0 Å². The van der Waals surface area contributed by atoms with E-state index in [0.29, 0.717) is 0 Å². The van der Waals surface area contributed by atoms with Crippen molar-refractivity contribution in [1.29, 1.82) is 0 Å². The van der Waals surface area contributed by atoms with Gasteiger partial charge in [-0.1, -0.05) is 40.9 Å². The lowest BCUT2D eigenvalue weighted by Gasteiger charge is -2.27. The second kappa shape index (κ2) is 5.99. The normalized spacial score (nSPS) is 19.4. The standard InChI is InChI=1S/C12H12Cl3NO3/c1-4-7-8(10(17)12(13,14)15)5-16(2)6-9(7)11(18)19-3/h4-7H,1H2,2-3H3. The third-order valence-corrected chi connectivity index (χ3v) is 3.05. The number of allylic oxidation sites excluding steroid dienone is 2. The van der Waals surface area contributed by atoms with E-state index in [2.05, 4.69) is 11.3 Å². The largest absolute Gasteiger partial charge is 0.466 e. The summed E-state index contributed by atoms with van der Waals surface area (Å²) in [5.41, 5.74) is 0.417. The Morgan fingerprint density at radius 3 is 2.32 bits per heavy atom. The zero-order chi connectivity index (χ0) is 14.8. The van der Waals surface area contributed by atoms with Crippen LogP contribution in [-0.2, 0) is 14.3 Å². The van der Waals surface area contributed by atoms with Gasteiger partial charge in [0.15, 0.2) is 0 Å². The van der Waals surface area contributed by atoms with Gasteiger partial charge < -0.3 is 9.64 Å². The molecule has 1 rings (SSSR count). The van der Waals surface area contributed by atoms with E-state index in [-0.39, 0.29) is 11.1 Å². The molecule has 0 saturated heterocycles. The van der Waals surface area contributed by atoms with Crippen LogP contribution in [0.1, 0.15) is 0 Å². The summed E-state index contributed by atoms with van der Waals surface area (Å²) in [5, 5.41) is 0. The van der Waals surface area contributed by atoms with Gasteiger partial charge in [0.25, 0.3) is 3.79 Å². The van der Waals surface area contributed by atoms with Crippen LogP contribution in [0.2, 0.25) is 0 Å². The number of hydrogen-bond donors (Lipinski definition) is 0. The molecule has 1 aliphatic rings. The SMILES string of the molecule is C=CC1C(C(=O)OC)=CN(C)C=C1C(=O)C(Cl)(Cl)Cl. The summed E-state index contributed by atoms with van der Waals surface area (Å²) in [5.74, 6) is -1.95. The van der Waals surface area contributed by atoms with Crippen LogP contribution < -0.4 is 0 Å². The number of esters is 1. The van der Waals surface area contributed by atoms with Crippen molar-refractivity contribution in [2.45, 2.75) is 3.79 Å². The molecular weight excluding hydrogens is 312 g/mol. The highest BCUT2D eigenvalue weighted by Gasteiger charge is 2.39. The summed E-state index contributed by atoms with van der Waals surface area (Å²) in [6.45, 7) is 3.60. The van der Waals surface area contributed by atoms with Crippen LogP contribution in [0.15, 0.2) is 36.2 Å². The predicted molar refractivity (Wildman–Crippen MR) is 74.9 cm³/mol. The quantitative estimate of drug-likeness (QED) is 0.455. The van der Waals surface area contributed by atoms with Gasteiger partial charge in [0.2, 0.25) is 5.78 Å². The average molecular weight is 325 g/mol. The lowest BCUT2D eigenvalue weighted by Crippen LogP contribution is -2.31. The van der Waals surface area contributed by atoms with Crippen LogP contribution in [-0.4, -0.2) is 34.6 Å². The molecular formula is C12H12Cl3NO3. The minimum absolute atomic E-state index is 0.167. The predicted octanol–water partition coefficient (Wildman–Crippen LogP) is 2.61. The molecule has 0 bridgehead atoms. The molecule has 0 fully saturated rings. The van der Waals surface area contributed by atoms with Gasteiger partial charge >= 0.3 is 5.97 Å². The molecule has 7 heteroatoms. The summed E-state index contributed by atoms with van der Waals surface area (Å²) in [6.07, 6.45) is 4.45. The molecule has 0 amide bonds. The molecule has 104 valence electrons. The number of Topliss-reactive ketones (excluding diaryl/α,β-unsaturated/α-hetero) is 1. The first-order valence-electron chi connectivity index (χ1n) is 5.20. The van der Waals surface area contributed by atoms with Crippen LogP contribution in [0, 0.1) is 5.92 Å². The molecule has 0 aromatic heterocycles. The molecule has 19 heavy (non-hydrogen) atoms. The number of carbonyl (C=O) groups is 2. The molecule has 1 heterocycles. The highest BCUT2D eigenvalue weighted by molar-refractivity contribution is 6.77. The van der Waals surface area contributed by atoms with Gasteiger partial charge in [-0.05, 0) is 0 Å². The van der Waals surface area contributed by atoms with E-state index in [9.17, 15) is 9.59 Å². The van der Waals surface area contributed by atoms with E-state index in [1.165, 1.54) is 30.5 Å². The molecule has 1 atom stereocenters. The van der Waals surface area contributed by atoms with Gasteiger partial charge in [0.1, 0.15) is 0 Å². The van der Waals surface area contributed by atoms with Crippen molar-refractivity contribution >= 4 is 46.6 Å². The maximum absolute atomic E-state index is 12.1. The summed E-state index contributed by atoms with van der Waals surface area (Å²) < 4.78 is 2.57. The molecule has 0 aliphatic carbocycles. The van der Waals surface area contributed by atoms with E-state index in [1.807, 2.05) is 0 Å². The third-order valence-electron chi connectivity index (χ3n) is 2.53. The van der Waals surface area contributed by atoms with Gasteiger partial charge in [0, 0.05) is 30.9 Å². The Balaban J connectivity index is 3.23. The molecule has 0 saturated carbocycles. The summed E-state index contributed by atoms with van der Waals surface area (Å²) in [4.78, 5) is 25.3. The smallest absolute Gasteiger partial charge is 0.336 e. The van der Waals surface area contributed by atoms with Gasteiger partial charge in [-0.25, -0.2) is 4.79 Å². The van der Waals surface area contributed by atoms with Crippen molar-refractivity contribution in [3.63, 3.8) is 0 Å². The van der Waals surface area contributed by atoms with E-state index in [1.54, 1.807) is 7.05 Å². The maximum Gasteiger partial charge on any atom is 0.336 e. The molecule has 0 spiro atoms. The molecule has 4 nitrogen and oxygen atoms in total. The fraction of sp³-hybridized carbons (Fsp3) is 0.333. The summed E-state index contributed by atoms with van der Waals surface area (Å²) in [7, 11) is 2.89. The van der Waals surface area contributed by atoms with Crippen molar-refractivity contribution in [3.05, 3.63) is 36.2 Å². The van der Waals surface area contributed by atoms with Crippen molar-refractivity contribution < 1.29 is 14.3 Å². The van der Waals surface area contributed by atoms with Crippen LogP contribution in [0.4, 0.5) is 0 Å². The number of ether oxygens (including phenoxy) is 1. The lowest BCUT2D eigenvalue weighted by atomic mass is 9.87. The number of nitrogens with zero attached hydrogens (tertiary/aromatic N) is 1. The van der Waals surface area contributed by atoms with Crippen molar-refractivity contribution in [3.8, 4) is 0 Å². The average Bonchev–Trinajstić information content (AvgIpc) is 2.34. The first kappa shape index (κ1) is 16.1. The molecule has 1 aliphatic heterocycles. The zero-order valence-electron chi connectivity index (χ0n) is 10.3. The Labute approximate surface area is 126 Å².